The molecule has 0 saturated heterocycles. The highest BCUT2D eigenvalue weighted by molar-refractivity contribution is 5.82. The van der Waals surface area contributed by atoms with Crippen LogP contribution in [-0.2, 0) is 11.3 Å². The molecule has 1 aliphatic heterocycles. The Balaban J connectivity index is 1.78. The number of hydrogen-bond acceptors (Lipinski definition) is 3. The van der Waals surface area contributed by atoms with Crippen LogP contribution in [0.5, 0.6) is 0 Å². The lowest BCUT2D eigenvalue weighted by molar-refractivity contribution is -0.138. The summed E-state index contributed by atoms with van der Waals surface area (Å²) in [6, 6.07) is 9.62. The first-order chi connectivity index (χ1) is 9.25. The minimum absolute atomic E-state index is 0.422. The van der Waals surface area contributed by atoms with Crippen LogP contribution in [0.4, 0.5) is 5.69 Å². The van der Waals surface area contributed by atoms with Crippen LogP contribution in [0, 0.1) is 0 Å². The van der Waals surface area contributed by atoms with Gasteiger partial charge in [0.15, 0.2) is 0 Å². The molecule has 0 amide bonds. The van der Waals surface area contributed by atoms with Crippen molar-refractivity contribution in [3.05, 3.63) is 48.3 Å². The van der Waals surface area contributed by atoms with Gasteiger partial charge in [-0.15, -0.1) is 0 Å². The van der Waals surface area contributed by atoms with Crippen LogP contribution in [0.2, 0.25) is 0 Å². The van der Waals surface area contributed by atoms with E-state index in [0.717, 1.165) is 24.3 Å². The molecule has 5 nitrogen and oxygen atoms in total. The van der Waals surface area contributed by atoms with E-state index in [9.17, 15) is 9.90 Å². The molecule has 1 N–H and O–H groups in total. The van der Waals surface area contributed by atoms with Crippen LogP contribution in [-0.4, -0.2) is 33.9 Å². The van der Waals surface area contributed by atoms with Gasteiger partial charge >= 0.3 is 5.97 Å². The zero-order valence-electron chi connectivity index (χ0n) is 10.4. The van der Waals surface area contributed by atoms with Crippen molar-refractivity contribution in [2.24, 2.45) is 0 Å². The van der Waals surface area contributed by atoms with Crippen molar-refractivity contribution < 1.29 is 9.90 Å². The number of aliphatic carboxylic acids is 1. The summed E-state index contributed by atoms with van der Waals surface area (Å²) >= 11 is 0. The average Bonchev–Trinajstić information content (AvgIpc) is 3.04. The van der Waals surface area contributed by atoms with Gasteiger partial charge in [-0.05, 0) is 17.7 Å². The zero-order chi connectivity index (χ0) is 13.2. The smallest absolute Gasteiger partial charge is 0.312 e. The molecule has 1 aromatic carbocycles. The van der Waals surface area contributed by atoms with E-state index in [4.69, 9.17) is 0 Å². The van der Waals surface area contributed by atoms with Gasteiger partial charge in [0.1, 0.15) is 5.92 Å². The summed E-state index contributed by atoms with van der Waals surface area (Å²) in [6.45, 7) is 2.06. The topological polar surface area (TPSA) is 58.4 Å². The summed E-state index contributed by atoms with van der Waals surface area (Å²) < 4.78 is 1.86. The van der Waals surface area contributed by atoms with E-state index >= 15 is 0 Å². The standard InChI is InChI=1S/C14H15N3O2/c18-14(19)12-10-16(8-9-17-7-3-6-15-17)13-5-2-1-4-11(12)13/h1-7,12H,8-10H2,(H,18,19). The quantitative estimate of drug-likeness (QED) is 0.903. The summed E-state index contributed by atoms with van der Waals surface area (Å²) in [7, 11) is 0. The molecular weight excluding hydrogens is 242 g/mol. The largest absolute Gasteiger partial charge is 0.481 e. The van der Waals surface area contributed by atoms with Gasteiger partial charge in [0.25, 0.3) is 0 Å². The maximum absolute atomic E-state index is 11.3. The number of hydrogen-bond donors (Lipinski definition) is 1. The molecule has 0 fully saturated rings. The second-order valence-electron chi connectivity index (χ2n) is 4.66. The monoisotopic (exact) mass is 257 g/mol. The van der Waals surface area contributed by atoms with Gasteiger partial charge in [0.05, 0.1) is 6.54 Å². The minimum Gasteiger partial charge on any atom is -0.481 e. The van der Waals surface area contributed by atoms with E-state index < -0.39 is 11.9 Å². The van der Waals surface area contributed by atoms with Crippen molar-refractivity contribution in [2.45, 2.75) is 12.5 Å². The number of carboxylic acid groups (broad SMARTS) is 1. The normalized spacial score (nSPS) is 17.5. The fourth-order valence-corrected chi connectivity index (χ4v) is 2.57. The molecule has 0 bridgehead atoms. The van der Waals surface area contributed by atoms with Crippen LogP contribution in [0.15, 0.2) is 42.7 Å². The maximum Gasteiger partial charge on any atom is 0.312 e. The molecule has 0 aliphatic carbocycles. The third-order valence-electron chi connectivity index (χ3n) is 3.51. The van der Waals surface area contributed by atoms with E-state index in [-0.39, 0.29) is 0 Å². The lowest BCUT2D eigenvalue weighted by atomic mass is 10.0. The lowest BCUT2D eigenvalue weighted by Gasteiger charge is -2.19. The molecule has 2 heterocycles. The third kappa shape index (κ3) is 2.19. The fraction of sp³-hybridized carbons (Fsp3) is 0.286. The summed E-state index contributed by atoms with van der Waals surface area (Å²) in [5.74, 6) is -1.18. The predicted molar refractivity (Wildman–Crippen MR) is 71.3 cm³/mol. The fourth-order valence-electron chi connectivity index (χ4n) is 2.57. The Morgan fingerprint density at radius 1 is 1.32 bits per heavy atom. The highest BCUT2D eigenvalue weighted by Gasteiger charge is 2.32. The second kappa shape index (κ2) is 4.76. The Hall–Kier alpha value is -2.30. The Bertz CT molecular complexity index is 580. The number of carboxylic acids is 1. The number of carbonyl (C=O) groups is 1. The third-order valence-corrected chi connectivity index (χ3v) is 3.51. The summed E-state index contributed by atoms with van der Waals surface area (Å²) in [5.41, 5.74) is 1.94. The predicted octanol–water partition coefficient (Wildman–Crippen LogP) is 1.57. The minimum atomic E-state index is -0.756. The maximum atomic E-state index is 11.3. The van der Waals surface area contributed by atoms with E-state index in [1.165, 1.54) is 0 Å². The van der Waals surface area contributed by atoms with E-state index in [2.05, 4.69) is 10.00 Å². The van der Waals surface area contributed by atoms with Gasteiger partial charge in [-0.2, -0.15) is 5.10 Å². The van der Waals surface area contributed by atoms with Crippen molar-refractivity contribution in [3.8, 4) is 0 Å². The molecule has 1 aliphatic rings. The highest BCUT2D eigenvalue weighted by atomic mass is 16.4. The molecule has 0 spiro atoms. The van der Waals surface area contributed by atoms with Gasteiger partial charge in [0.2, 0.25) is 0 Å². The molecule has 5 heteroatoms. The average molecular weight is 257 g/mol. The summed E-state index contributed by atoms with van der Waals surface area (Å²) in [4.78, 5) is 13.4. The number of rotatable bonds is 4. The highest BCUT2D eigenvalue weighted by Crippen LogP contribution is 2.35. The Morgan fingerprint density at radius 2 is 2.16 bits per heavy atom. The molecule has 1 aromatic heterocycles. The van der Waals surface area contributed by atoms with Crippen molar-refractivity contribution in [1.29, 1.82) is 0 Å². The van der Waals surface area contributed by atoms with Crippen molar-refractivity contribution in [1.82, 2.24) is 9.78 Å². The molecule has 0 saturated carbocycles. The Labute approximate surface area is 111 Å². The number of nitrogens with zero attached hydrogens (tertiary/aromatic N) is 3. The van der Waals surface area contributed by atoms with Gasteiger partial charge in [-0.25, -0.2) is 0 Å². The van der Waals surface area contributed by atoms with Gasteiger partial charge in [-0.3, -0.25) is 9.48 Å². The van der Waals surface area contributed by atoms with E-state index in [1.54, 1.807) is 6.20 Å². The first kappa shape index (κ1) is 11.8. The molecular formula is C14H15N3O2. The number of anilines is 1. The SMILES string of the molecule is O=C(O)C1CN(CCn2cccn2)c2ccccc21. The Kier molecular flexibility index (Phi) is 2.95. The first-order valence-electron chi connectivity index (χ1n) is 6.30. The van der Waals surface area contributed by atoms with E-state index in [1.807, 2.05) is 41.2 Å². The van der Waals surface area contributed by atoms with Gasteiger partial charge in [0, 0.05) is 31.2 Å². The molecule has 2 aromatic rings. The van der Waals surface area contributed by atoms with Gasteiger partial charge in [-0.1, -0.05) is 18.2 Å². The number of aromatic nitrogens is 2. The van der Waals surface area contributed by atoms with Crippen LogP contribution < -0.4 is 4.90 Å². The Morgan fingerprint density at radius 3 is 2.89 bits per heavy atom. The second-order valence-corrected chi connectivity index (χ2v) is 4.66. The van der Waals surface area contributed by atoms with Crippen molar-refractivity contribution >= 4 is 11.7 Å². The molecule has 19 heavy (non-hydrogen) atoms. The van der Waals surface area contributed by atoms with Crippen molar-refractivity contribution in [2.75, 3.05) is 18.0 Å². The van der Waals surface area contributed by atoms with Crippen LogP contribution in [0.25, 0.3) is 0 Å². The summed E-state index contributed by atoms with van der Waals surface area (Å²) in [5, 5.41) is 13.4. The molecule has 1 atom stereocenters. The number of fused-ring (bicyclic) bond motifs is 1. The van der Waals surface area contributed by atoms with Crippen LogP contribution in [0.1, 0.15) is 11.5 Å². The number of benzene rings is 1. The molecule has 1 unspecified atom stereocenters. The first-order valence-corrected chi connectivity index (χ1v) is 6.30. The van der Waals surface area contributed by atoms with Crippen molar-refractivity contribution in [3.63, 3.8) is 0 Å². The van der Waals surface area contributed by atoms with Gasteiger partial charge < -0.3 is 10.0 Å². The van der Waals surface area contributed by atoms with Crippen LogP contribution in [0.3, 0.4) is 0 Å². The zero-order valence-corrected chi connectivity index (χ0v) is 10.4. The molecule has 0 radical (unpaired) electrons. The number of para-hydroxylation sites is 1. The van der Waals surface area contributed by atoms with E-state index in [0.29, 0.717) is 6.54 Å². The molecule has 3 rings (SSSR count). The summed E-state index contributed by atoms with van der Waals surface area (Å²) in [6.07, 6.45) is 3.66. The lowest BCUT2D eigenvalue weighted by Crippen LogP contribution is -2.28. The molecule has 98 valence electrons. The van der Waals surface area contributed by atoms with Crippen LogP contribution >= 0.6 is 0 Å².